The summed E-state index contributed by atoms with van der Waals surface area (Å²) in [6, 6.07) is 7.89. The molecule has 0 radical (unpaired) electrons. The third-order valence-electron chi connectivity index (χ3n) is 3.99. The molecule has 2 amide bonds. The van der Waals surface area contributed by atoms with Gasteiger partial charge in [-0.1, -0.05) is 44.2 Å². The molecule has 138 valence electrons. The van der Waals surface area contributed by atoms with Crippen molar-refractivity contribution in [2.75, 3.05) is 13.7 Å². The smallest absolute Gasteiger partial charge is 0.310 e. The number of nitrogens with one attached hydrogen (secondary N) is 2. The zero-order chi connectivity index (χ0) is 19.0. The van der Waals surface area contributed by atoms with Crippen molar-refractivity contribution in [2.24, 2.45) is 17.6 Å². The highest BCUT2D eigenvalue weighted by atomic mass is 16.5. The lowest BCUT2D eigenvalue weighted by molar-refractivity contribution is -0.146. The summed E-state index contributed by atoms with van der Waals surface area (Å²) in [7, 11) is 1.30. The molecule has 2 unspecified atom stereocenters. The number of carbonyl (C=O) groups is 3. The Labute approximate surface area is 148 Å². The number of esters is 1. The zero-order valence-corrected chi connectivity index (χ0v) is 15.1. The minimum atomic E-state index is -0.674. The Hall–Kier alpha value is -2.41. The molecule has 4 N–H and O–H groups in total. The average Bonchev–Trinajstić information content (AvgIpc) is 2.62. The van der Waals surface area contributed by atoms with Gasteiger partial charge < -0.3 is 21.1 Å². The molecule has 1 aromatic rings. The maximum Gasteiger partial charge on any atom is 0.310 e. The summed E-state index contributed by atoms with van der Waals surface area (Å²) in [5, 5.41) is 5.29. The first-order chi connectivity index (χ1) is 11.8. The van der Waals surface area contributed by atoms with Gasteiger partial charge in [-0.2, -0.15) is 0 Å². The van der Waals surface area contributed by atoms with E-state index in [1.807, 2.05) is 44.2 Å². The van der Waals surface area contributed by atoms with Crippen LogP contribution in [0.15, 0.2) is 30.3 Å². The van der Waals surface area contributed by atoms with Crippen molar-refractivity contribution in [3.8, 4) is 0 Å². The van der Waals surface area contributed by atoms with Gasteiger partial charge in [0.1, 0.15) is 0 Å². The molecule has 0 aliphatic carbocycles. The Morgan fingerprint density at radius 2 is 1.72 bits per heavy atom. The molecule has 1 rings (SSSR count). The summed E-state index contributed by atoms with van der Waals surface area (Å²) < 4.78 is 4.78. The number of nitrogens with two attached hydrogens (primary N) is 1. The normalized spacial score (nSPS) is 14.3. The molecule has 0 bridgehead atoms. The fourth-order valence-corrected chi connectivity index (χ4v) is 2.29. The fourth-order valence-electron chi connectivity index (χ4n) is 2.29. The average molecular weight is 349 g/mol. The molecular weight excluding hydrogens is 322 g/mol. The van der Waals surface area contributed by atoms with Crippen molar-refractivity contribution < 1.29 is 19.1 Å². The van der Waals surface area contributed by atoms with Crippen molar-refractivity contribution in [1.29, 1.82) is 0 Å². The van der Waals surface area contributed by atoms with Crippen LogP contribution in [0.5, 0.6) is 0 Å². The van der Waals surface area contributed by atoms with Crippen LogP contribution < -0.4 is 16.4 Å². The van der Waals surface area contributed by atoms with Gasteiger partial charge in [0.25, 0.3) is 0 Å². The zero-order valence-electron chi connectivity index (χ0n) is 15.1. The van der Waals surface area contributed by atoms with Gasteiger partial charge in [0.05, 0.1) is 31.7 Å². The number of rotatable bonds is 8. The highest BCUT2D eigenvalue weighted by Gasteiger charge is 2.28. The lowest BCUT2D eigenvalue weighted by Crippen LogP contribution is -2.48. The summed E-state index contributed by atoms with van der Waals surface area (Å²) >= 11 is 0. The second kappa shape index (κ2) is 9.78. The van der Waals surface area contributed by atoms with Crippen molar-refractivity contribution in [2.45, 2.75) is 32.9 Å². The van der Waals surface area contributed by atoms with Crippen molar-refractivity contribution in [3.05, 3.63) is 35.9 Å². The summed E-state index contributed by atoms with van der Waals surface area (Å²) in [4.78, 5) is 35.9. The number of hydrogen-bond acceptors (Lipinski definition) is 5. The van der Waals surface area contributed by atoms with Gasteiger partial charge in [-0.05, 0) is 18.4 Å². The maximum absolute atomic E-state index is 12.2. The lowest BCUT2D eigenvalue weighted by atomic mass is 9.94. The van der Waals surface area contributed by atoms with Crippen molar-refractivity contribution in [1.82, 2.24) is 10.6 Å². The van der Waals surface area contributed by atoms with Gasteiger partial charge in [-0.25, -0.2) is 0 Å². The van der Waals surface area contributed by atoms with Gasteiger partial charge in [0, 0.05) is 0 Å². The largest absolute Gasteiger partial charge is 0.469 e. The van der Waals surface area contributed by atoms with Crippen LogP contribution >= 0.6 is 0 Å². The van der Waals surface area contributed by atoms with E-state index >= 15 is 0 Å². The van der Waals surface area contributed by atoms with Crippen molar-refractivity contribution >= 4 is 17.8 Å². The monoisotopic (exact) mass is 349 g/mol. The topological polar surface area (TPSA) is 111 Å². The van der Waals surface area contributed by atoms with Crippen LogP contribution in [0.25, 0.3) is 0 Å². The predicted octanol–water partition coefficient (Wildman–Crippen LogP) is 0.753. The highest BCUT2D eigenvalue weighted by molar-refractivity contribution is 5.87. The Kier molecular flexibility index (Phi) is 8.07. The molecule has 3 atom stereocenters. The van der Waals surface area contributed by atoms with E-state index in [1.165, 1.54) is 7.11 Å². The second-order valence-corrected chi connectivity index (χ2v) is 6.26. The number of hydrogen-bond donors (Lipinski definition) is 3. The SMILES string of the molecule is COC(=O)C(C)C(NC(=O)CNC(=O)[C@@H](N)C(C)C)c1ccccc1. The van der Waals surface area contributed by atoms with Crippen LogP contribution in [0.3, 0.4) is 0 Å². The third-order valence-corrected chi connectivity index (χ3v) is 3.99. The lowest BCUT2D eigenvalue weighted by Gasteiger charge is -2.24. The molecule has 1 aromatic carbocycles. The number of amides is 2. The molecule has 0 aliphatic heterocycles. The minimum Gasteiger partial charge on any atom is -0.469 e. The van der Waals surface area contributed by atoms with Gasteiger partial charge in [-0.3, -0.25) is 14.4 Å². The first-order valence-corrected chi connectivity index (χ1v) is 8.23. The van der Waals surface area contributed by atoms with E-state index in [2.05, 4.69) is 10.6 Å². The van der Waals surface area contributed by atoms with Crippen LogP contribution in [0.2, 0.25) is 0 Å². The van der Waals surface area contributed by atoms with E-state index in [1.54, 1.807) is 6.92 Å². The van der Waals surface area contributed by atoms with Crippen molar-refractivity contribution in [3.63, 3.8) is 0 Å². The van der Waals surface area contributed by atoms with Gasteiger partial charge in [0.15, 0.2) is 0 Å². The molecule has 0 aromatic heterocycles. The van der Waals surface area contributed by atoms with Gasteiger partial charge >= 0.3 is 5.97 Å². The molecule has 0 aliphatic rings. The number of methoxy groups -OCH3 is 1. The molecule has 7 heteroatoms. The standard InChI is InChI=1S/C18H27N3O4/c1-11(2)15(19)17(23)20-10-14(22)21-16(12(3)18(24)25-4)13-8-6-5-7-9-13/h5-9,11-12,15-16H,10,19H2,1-4H3,(H,20,23)(H,21,22)/t12?,15-,16?/m0/s1. The number of ether oxygens (including phenoxy) is 1. The highest BCUT2D eigenvalue weighted by Crippen LogP contribution is 2.22. The Balaban J connectivity index is 2.76. The fraction of sp³-hybridized carbons (Fsp3) is 0.500. The molecule has 0 spiro atoms. The summed E-state index contributed by atoms with van der Waals surface area (Å²) in [5.41, 5.74) is 6.52. The van der Waals surface area contributed by atoms with Gasteiger partial charge in [-0.15, -0.1) is 0 Å². The predicted molar refractivity (Wildman–Crippen MR) is 94.3 cm³/mol. The maximum atomic E-state index is 12.2. The summed E-state index contributed by atoms with van der Waals surface area (Å²) in [5.74, 6) is -1.83. The van der Waals surface area contributed by atoms with Crippen LogP contribution in [0, 0.1) is 11.8 Å². The van der Waals surface area contributed by atoms with Crippen LogP contribution in [0.4, 0.5) is 0 Å². The Morgan fingerprint density at radius 3 is 2.24 bits per heavy atom. The summed E-state index contributed by atoms with van der Waals surface area (Å²) in [6.45, 7) is 5.12. The molecule has 0 saturated heterocycles. The van der Waals surface area contributed by atoms with Crippen LogP contribution in [-0.4, -0.2) is 37.5 Å². The van der Waals surface area contributed by atoms with E-state index < -0.39 is 29.9 Å². The summed E-state index contributed by atoms with van der Waals surface area (Å²) in [6.07, 6.45) is 0. The number of carbonyl (C=O) groups excluding carboxylic acids is 3. The molecule has 0 fully saturated rings. The van der Waals surface area contributed by atoms with E-state index in [-0.39, 0.29) is 18.4 Å². The Morgan fingerprint density at radius 1 is 1.12 bits per heavy atom. The molecule has 25 heavy (non-hydrogen) atoms. The van der Waals surface area contributed by atoms with Crippen LogP contribution in [-0.2, 0) is 19.1 Å². The quantitative estimate of drug-likeness (QED) is 0.600. The van der Waals surface area contributed by atoms with E-state index in [0.29, 0.717) is 0 Å². The second-order valence-electron chi connectivity index (χ2n) is 6.26. The number of benzene rings is 1. The van der Waals surface area contributed by atoms with Gasteiger partial charge in [0.2, 0.25) is 11.8 Å². The molecule has 7 nitrogen and oxygen atoms in total. The molecule has 0 heterocycles. The molecule has 0 saturated carbocycles. The first-order valence-electron chi connectivity index (χ1n) is 8.23. The van der Waals surface area contributed by atoms with E-state index in [4.69, 9.17) is 10.5 Å². The minimum absolute atomic E-state index is 0.0283. The van der Waals surface area contributed by atoms with E-state index in [9.17, 15) is 14.4 Å². The van der Waals surface area contributed by atoms with E-state index in [0.717, 1.165) is 5.56 Å². The third kappa shape index (κ3) is 6.19. The van der Waals surface area contributed by atoms with Crippen LogP contribution in [0.1, 0.15) is 32.4 Å². The first kappa shape index (κ1) is 20.6. The Bertz CT molecular complexity index is 589. The molecular formula is C18H27N3O4.